The van der Waals surface area contributed by atoms with Gasteiger partial charge in [-0.25, -0.2) is 0 Å². The molecule has 0 aromatic heterocycles. The van der Waals surface area contributed by atoms with Crippen LogP contribution in [0.3, 0.4) is 0 Å². The van der Waals surface area contributed by atoms with Gasteiger partial charge < -0.3 is 19.9 Å². The van der Waals surface area contributed by atoms with Crippen LogP contribution in [-0.4, -0.2) is 63.8 Å². The van der Waals surface area contributed by atoms with Crippen molar-refractivity contribution >= 4 is 11.6 Å². The topological polar surface area (TPSA) is 40.1 Å². The molecular formula is C18H25F3N4O. The Hall–Kier alpha value is -1.96. The fourth-order valence-corrected chi connectivity index (χ4v) is 3.23. The largest absolute Gasteiger partial charge is 0.416 e. The average Bonchev–Trinajstić information content (AvgIpc) is 2.60. The smallest absolute Gasteiger partial charge is 0.380 e. The molecule has 26 heavy (non-hydrogen) atoms. The van der Waals surface area contributed by atoms with Gasteiger partial charge in [0.25, 0.3) is 0 Å². The van der Waals surface area contributed by atoms with Gasteiger partial charge >= 0.3 is 6.18 Å². The third-order valence-corrected chi connectivity index (χ3v) is 4.90. The van der Waals surface area contributed by atoms with Gasteiger partial charge in [0.05, 0.1) is 18.8 Å². The van der Waals surface area contributed by atoms with Gasteiger partial charge in [0, 0.05) is 50.9 Å². The number of rotatable bonds is 3. The van der Waals surface area contributed by atoms with Crippen molar-refractivity contribution in [2.24, 2.45) is 10.4 Å². The van der Waals surface area contributed by atoms with E-state index in [0.717, 1.165) is 31.8 Å². The number of piperazine rings is 1. The number of ether oxygens (including phenoxy) is 1. The van der Waals surface area contributed by atoms with E-state index in [0.29, 0.717) is 31.9 Å². The molecule has 1 aromatic carbocycles. The van der Waals surface area contributed by atoms with E-state index < -0.39 is 11.7 Å². The molecule has 5 nitrogen and oxygen atoms in total. The quantitative estimate of drug-likeness (QED) is 0.655. The SMILES string of the molecule is CN=C(NCC1(C)COC1)N1CCN(c2cccc(C(F)(F)F)c2)CC1. The van der Waals surface area contributed by atoms with E-state index in [1.807, 2.05) is 4.90 Å². The molecule has 0 radical (unpaired) electrons. The third-order valence-electron chi connectivity index (χ3n) is 4.90. The summed E-state index contributed by atoms with van der Waals surface area (Å²) in [5.74, 6) is 0.835. The van der Waals surface area contributed by atoms with Gasteiger partial charge in [-0.15, -0.1) is 0 Å². The zero-order chi connectivity index (χ0) is 18.8. The lowest BCUT2D eigenvalue weighted by Gasteiger charge is -2.41. The number of anilines is 1. The minimum atomic E-state index is -4.31. The molecule has 8 heteroatoms. The molecule has 1 aromatic rings. The van der Waals surface area contributed by atoms with Gasteiger partial charge in [-0.1, -0.05) is 13.0 Å². The molecule has 2 aliphatic heterocycles. The Morgan fingerprint density at radius 2 is 1.92 bits per heavy atom. The lowest BCUT2D eigenvalue weighted by atomic mass is 9.89. The van der Waals surface area contributed by atoms with Crippen LogP contribution in [0.5, 0.6) is 0 Å². The van der Waals surface area contributed by atoms with Crippen molar-refractivity contribution in [1.29, 1.82) is 0 Å². The maximum Gasteiger partial charge on any atom is 0.416 e. The zero-order valence-electron chi connectivity index (χ0n) is 15.1. The molecule has 2 heterocycles. The van der Waals surface area contributed by atoms with Gasteiger partial charge in [-0.05, 0) is 18.2 Å². The van der Waals surface area contributed by atoms with E-state index in [-0.39, 0.29) is 5.41 Å². The predicted molar refractivity (Wildman–Crippen MR) is 95.5 cm³/mol. The summed E-state index contributed by atoms with van der Waals surface area (Å²) in [6, 6.07) is 5.53. The van der Waals surface area contributed by atoms with Crippen LogP contribution < -0.4 is 10.2 Å². The van der Waals surface area contributed by atoms with Crippen LogP contribution in [-0.2, 0) is 10.9 Å². The maximum atomic E-state index is 12.9. The average molecular weight is 370 g/mol. The highest BCUT2D eigenvalue weighted by Gasteiger charge is 2.34. The van der Waals surface area contributed by atoms with E-state index in [4.69, 9.17) is 4.74 Å². The number of aliphatic imine (C=N–C) groups is 1. The Kier molecular flexibility index (Phi) is 5.32. The van der Waals surface area contributed by atoms with Crippen molar-refractivity contribution in [1.82, 2.24) is 10.2 Å². The van der Waals surface area contributed by atoms with Crippen molar-refractivity contribution in [3.8, 4) is 0 Å². The van der Waals surface area contributed by atoms with Crippen LogP contribution in [0.1, 0.15) is 12.5 Å². The summed E-state index contributed by atoms with van der Waals surface area (Å²) in [5.41, 5.74) is 0.155. The number of benzene rings is 1. The molecule has 0 aliphatic carbocycles. The minimum absolute atomic E-state index is 0.149. The predicted octanol–water partition coefficient (Wildman–Crippen LogP) is 2.44. The Balaban J connectivity index is 1.56. The highest BCUT2D eigenvalue weighted by molar-refractivity contribution is 5.80. The fraction of sp³-hybridized carbons (Fsp3) is 0.611. The Bertz CT molecular complexity index is 650. The van der Waals surface area contributed by atoms with Crippen molar-refractivity contribution in [2.75, 3.05) is 57.9 Å². The fourth-order valence-electron chi connectivity index (χ4n) is 3.23. The highest BCUT2D eigenvalue weighted by atomic mass is 19.4. The van der Waals surface area contributed by atoms with Gasteiger partial charge in [0.1, 0.15) is 0 Å². The normalized spacial score (nSPS) is 20.7. The molecule has 144 valence electrons. The lowest BCUT2D eigenvalue weighted by Crippen LogP contribution is -2.56. The Labute approximate surface area is 151 Å². The number of guanidine groups is 1. The lowest BCUT2D eigenvalue weighted by molar-refractivity contribution is -0.137. The summed E-state index contributed by atoms with van der Waals surface area (Å²) in [7, 11) is 1.75. The van der Waals surface area contributed by atoms with Crippen LogP contribution in [0, 0.1) is 5.41 Å². The number of halogens is 3. The number of alkyl halides is 3. The summed E-state index contributed by atoms with van der Waals surface area (Å²) in [6.45, 7) is 7.20. The van der Waals surface area contributed by atoms with Crippen molar-refractivity contribution in [2.45, 2.75) is 13.1 Å². The number of hydrogen-bond donors (Lipinski definition) is 1. The summed E-state index contributed by atoms with van der Waals surface area (Å²) in [4.78, 5) is 8.47. The summed E-state index contributed by atoms with van der Waals surface area (Å²) in [6.07, 6.45) is -4.31. The van der Waals surface area contributed by atoms with E-state index in [1.165, 1.54) is 12.1 Å². The first kappa shape index (κ1) is 18.8. The molecule has 0 unspecified atom stereocenters. The second kappa shape index (κ2) is 7.34. The molecule has 2 aliphatic rings. The number of nitrogens with zero attached hydrogens (tertiary/aromatic N) is 3. The summed E-state index contributed by atoms with van der Waals surface area (Å²) >= 11 is 0. The van der Waals surface area contributed by atoms with E-state index >= 15 is 0 Å². The molecule has 2 fully saturated rings. The molecule has 0 amide bonds. The van der Waals surface area contributed by atoms with Crippen LogP contribution in [0.2, 0.25) is 0 Å². The summed E-state index contributed by atoms with van der Waals surface area (Å²) in [5, 5.41) is 3.39. The zero-order valence-corrected chi connectivity index (χ0v) is 15.1. The highest BCUT2D eigenvalue weighted by Crippen LogP contribution is 2.32. The third kappa shape index (κ3) is 4.23. The first-order valence-electron chi connectivity index (χ1n) is 8.76. The first-order valence-corrected chi connectivity index (χ1v) is 8.76. The van der Waals surface area contributed by atoms with Crippen LogP contribution in [0.15, 0.2) is 29.3 Å². The minimum Gasteiger partial charge on any atom is -0.380 e. The summed E-state index contributed by atoms with van der Waals surface area (Å²) < 4.78 is 44.0. The first-order chi connectivity index (χ1) is 12.3. The Morgan fingerprint density at radius 3 is 2.46 bits per heavy atom. The van der Waals surface area contributed by atoms with E-state index in [1.54, 1.807) is 13.1 Å². The van der Waals surface area contributed by atoms with Gasteiger partial charge in [0.2, 0.25) is 0 Å². The molecular weight excluding hydrogens is 345 g/mol. The Morgan fingerprint density at radius 1 is 1.23 bits per heavy atom. The maximum absolute atomic E-state index is 12.9. The number of hydrogen-bond acceptors (Lipinski definition) is 3. The van der Waals surface area contributed by atoms with Crippen molar-refractivity contribution in [3.05, 3.63) is 29.8 Å². The standard InChI is InChI=1S/C18H25F3N4O/c1-17(12-26-13-17)11-23-16(22-2)25-8-6-24(7-9-25)15-5-3-4-14(10-15)18(19,20)21/h3-5,10H,6-9,11-13H2,1-2H3,(H,22,23). The molecule has 3 rings (SSSR count). The molecule has 2 saturated heterocycles. The molecule has 0 bridgehead atoms. The van der Waals surface area contributed by atoms with E-state index in [9.17, 15) is 13.2 Å². The second-order valence-corrected chi connectivity index (χ2v) is 7.23. The van der Waals surface area contributed by atoms with Crippen molar-refractivity contribution < 1.29 is 17.9 Å². The molecule has 1 N–H and O–H groups in total. The second-order valence-electron chi connectivity index (χ2n) is 7.23. The van der Waals surface area contributed by atoms with Crippen LogP contribution in [0.25, 0.3) is 0 Å². The van der Waals surface area contributed by atoms with Gasteiger partial charge in [0.15, 0.2) is 5.96 Å². The van der Waals surface area contributed by atoms with Crippen LogP contribution >= 0.6 is 0 Å². The molecule has 0 atom stereocenters. The monoisotopic (exact) mass is 370 g/mol. The van der Waals surface area contributed by atoms with Crippen molar-refractivity contribution in [3.63, 3.8) is 0 Å². The van der Waals surface area contributed by atoms with Gasteiger partial charge in [-0.2, -0.15) is 13.2 Å². The molecule has 0 saturated carbocycles. The van der Waals surface area contributed by atoms with E-state index in [2.05, 4.69) is 22.1 Å². The number of nitrogens with one attached hydrogen (secondary N) is 1. The van der Waals surface area contributed by atoms with Gasteiger partial charge in [-0.3, -0.25) is 4.99 Å². The van der Waals surface area contributed by atoms with Crippen LogP contribution in [0.4, 0.5) is 18.9 Å². The molecule has 0 spiro atoms.